The zero-order chi connectivity index (χ0) is 16.7. The van der Waals surface area contributed by atoms with Gasteiger partial charge in [-0.1, -0.05) is 5.16 Å². The third-order valence-electron chi connectivity index (χ3n) is 4.84. The van der Waals surface area contributed by atoms with Gasteiger partial charge in [0.2, 0.25) is 11.7 Å². The van der Waals surface area contributed by atoms with Crippen LogP contribution in [0, 0.1) is 5.41 Å². The maximum absolute atomic E-state index is 12.4. The molecule has 2 aromatic rings. The zero-order valence-corrected chi connectivity index (χ0v) is 13.1. The van der Waals surface area contributed by atoms with Crippen molar-refractivity contribution in [2.24, 2.45) is 5.41 Å². The molecular formula is C16H17F2N3O3. The van der Waals surface area contributed by atoms with Crippen molar-refractivity contribution < 1.29 is 22.8 Å². The molecular weight excluding hydrogens is 320 g/mol. The molecule has 4 rings (SSSR count). The minimum absolute atomic E-state index is 0.0295. The molecule has 8 heteroatoms. The first-order valence-corrected chi connectivity index (χ1v) is 7.79. The summed E-state index contributed by atoms with van der Waals surface area (Å²) in [6.07, 6.45) is 2.19. The van der Waals surface area contributed by atoms with Gasteiger partial charge in [-0.25, -0.2) is 0 Å². The van der Waals surface area contributed by atoms with Gasteiger partial charge in [-0.2, -0.15) is 13.8 Å². The highest BCUT2D eigenvalue weighted by atomic mass is 19.3. The number of halogens is 2. The molecule has 1 aliphatic heterocycles. The minimum Gasteiger partial charge on any atom is -0.493 e. The van der Waals surface area contributed by atoms with Crippen molar-refractivity contribution in [1.29, 1.82) is 0 Å². The van der Waals surface area contributed by atoms with E-state index in [0.29, 0.717) is 23.2 Å². The number of nitrogens with zero attached hydrogens (tertiary/aromatic N) is 2. The minimum atomic E-state index is -2.91. The number of alkyl halides is 2. The molecule has 2 atom stereocenters. The summed E-state index contributed by atoms with van der Waals surface area (Å²) in [4.78, 5) is 4.48. The molecule has 0 radical (unpaired) electrons. The van der Waals surface area contributed by atoms with Gasteiger partial charge in [-0.05, 0) is 43.0 Å². The van der Waals surface area contributed by atoms with E-state index in [1.54, 1.807) is 12.1 Å². The molecule has 1 saturated carbocycles. The quantitative estimate of drug-likeness (QED) is 0.905. The first kappa shape index (κ1) is 15.3. The second-order valence-electron chi connectivity index (χ2n) is 6.25. The molecule has 128 valence electrons. The molecule has 24 heavy (non-hydrogen) atoms. The number of rotatable bonds is 5. The van der Waals surface area contributed by atoms with Gasteiger partial charge in [0.25, 0.3) is 0 Å². The van der Waals surface area contributed by atoms with E-state index in [2.05, 4.69) is 20.2 Å². The second-order valence-corrected chi connectivity index (χ2v) is 6.25. The smallest absolute Gasteiger partial charge is 0.387 e. The summed E-state index contributed by atoms with van der Waals surface area (Å²) in [6, 6.07) is 4.58. The monoisotopic (exact) mass is 337 g/mol. The van der Waals surface area contributed by atoms with E-state index in [-0.39, 0.29) is 16.9 Å². The van der Waals surface area contributed by atoms with Crippen LogP contribution >= 0.6 is 0 Å². The average molecular weight is 337 g/mol. The van der Waals surface area contributed by atoms with Crippen LogP contribution in [0.15, 0.2) is 22.7 Å². The molecule has 0 amide bonds. The van der Waals surface area contributed by atoms with Gasteiger partial charge in [0.15, 0.2) is 11.5 Å². The van der Waals surface area contributed by atoms with E-state index in [9.17, 15) is 8.78 Å². The standard InChI is InChI=1S/C16H17F2N3O3/c1-22-12-6-9(2-3-11(12)23-15(17)18)13-20-14(24-21-13)10-7-16(10)4-5-19-8-16/h2-3,6,10,15,19H,4-5,7-8H2,1H3. The van der Waals surface area contributed by atoms with Crippen LogP contribution in [0.5, 0.6) is 11.5 Å². The molecule has 0 bridgehead atoms. The second kappa shape index (κ2) is 5.70. The Bertz CT molecular complexity index is 744. The number of benzene rings is 1. The van der Waals surface area contributed by atoms with Crippen molar-refractivity contribution in [3.05, 3.63) is 24.1 Å². The van der Waals surface area contributed by atoms with Gasteiger partial charge in [0.05, 0.1) is 7.11 Å². The van der Waals surface area contributed by atoms with Crippen molar-refractivity contribution in [3.8, 4) is 22.9 Å². The van der Waals surface area contributed by atoms with Crippen LogP contribution < -0.4 is 14.8 Å². The maximum Gasteiger partial charge on any atom is 0.387 e. The van der Waals surface area contributed by atoms with Gasteiger partial charge in [-0.15, -0.1) is 0 Å². The third-order valence-corrected chi connectivity index (χ3v) is 4.84. The van der Waals surface area contributed by atoms with Gasteiger partial charge < -0.3 is 19.3 Å². The summed E-state index contributed by atoms with van der Waals surface area (Å²) in [5.41, 5.74) is 0.902. The average Bonchev–Trinajstić information content (AvgIpc) is 2.93. The Balaban J connectivity index is 1.56. The highest BCUT2D eigenvalue weighted by Crippen LogP contribution is 2.62. The van der Waals surface area contributed by atoms with E-state index in [4.69, 9.17) is 9.26 Å². The molecule has 6 nitrogen and oxygen atoms in total. The number of aromatic nitrogens is 2. The molecule has 1 N–H and O–H groups in total. The molecule has 1 saturated heterocycles. The van der Waals surface area contributed by atoms with Crippen LogP contribution in [0.4, 0.5) is 8.78 Å². The highest BCUT2D eigenvalue weighted by molar-refractivity contribution is 5.60. The van der Waals surface area contributed by atoms with Crippen molar-refractivity contribution in [2.45, 2.75) is 25.4 Å². The van der Waals surface area contributed by atoms with E-state index >= 15 is 0 Å². The fourth-order valence-electron chi connectivity index (χ4n) is 3.43. The topological polar surface area (TPSA) is 69.4 Å². The summed E-state index contributed by atoms with van der Waals surface area (Å²) >= 11 is 0. The molecule has 2 heterocycles. The summed E-state index contributed by atoms with van der Waals surface area (Å²) in [6.45, 7) is -0.893. The molecule has 2 aliphatic rings. The molecule has 1 spiro atoms. The predicted molar refractivity (Wildman–Crippen MR) is 80.2 cm³/mol. The summed E-state index contributed by atoms with van der Waals surface area (Å²) in [5, 5.41) is 7.39. The fourth-order valence-corrected chi connectivity index (χ4v) is 3.43. The van der Waals surface area contributed by atoms with Crippen LogP contribution in [0.2, 0.25) is 0 Å². The van der Waals surface area contributed by atoms with Crippen LogP contribution in [0.25, 0.3) is 11.4 Å². The predicted octanol–water partition coefficient (Wildman–Crippen LogP) is 2.81. The number of methoxy groups -OCH3 is 1. The van der Waals surface area contributed by atoms with Crippen molar-refractivity contribution in [3.63, 3.8) is 0 Å². The Morgan fingerprint density at radius 3 is 2.96 bits per heavy atom. The molecule has 1 aliphatic carbocycles. The summed E-state index contributed by atoms with van der Waals surface area (Å²) in [7, 11) is 1.39. The van der Waals surface area contributed by atoms with Gasteiger partial charge in [0.1, 0.15) is 0 Å². The maximum atomic E-state index is 12.4. The first-order valence-electron chi connectivity index (χ1n) is 7.79. The number of hydrogen-bond acceptors (Lipinski definition) is 6. The van der Waals surface area contributed by atoms with E-state index in [1.807, 2.05) is 0 Å². The third kappa shape index (κ3) is 2.60. The lowest BCUT2D eigenvalue weighted by Crippen LogP contribution is -2.10. The van der Waals surface area contributed by atoms with E-state index in [0.717, 1.165) is 25.9 Å². The normalized spacial score (nSPS) is 25.4. The number of hydrogen-bond donors (Lipinski definition) is 1. The Morgan fingerprint density at radius 1 is 1.38 bits per heavy atom. The number of ether oxygens (including phenoxy) is 2. The van der Waals surface area contributed by atoms with Gasteiger partial charge >= 0.3 is 6.61 Å². The lowest BCUT2D eigenvalue weighted by molar-refractivity contribution is -0.0512. The zero-order valence-electron chi connectivity index (χ0n) is 13.1. The lowest BCUT2D eigenvalue weighted by atomic mass is 10.0. The molecule has 1 aromatic heterocycles. The van der Waals surface area contributed by atoms with E-state index < -0.39 is 6.61 Å². The highest BCUT2D eigenvalue weighted by Gasteiger charge is 2.58. The molecule has 2 unspecified atom stereocenters. The fraction of sp³-hybridized carbons (Fsp3) is 0.500. The van der Waals surface area contributed by atoms with Crippen molar-refractivity contribution in [2.75, 3.05) is 20.2 Å². The van der Waals surface area contributed by atoms with Crippen molar-refractivity contribution >= 4 is 0 Å². The van der Waals surface area contributed by atoms with Crippen molar-refractivity contribution in [1.82, 2.24) is 15.5 Å². The summed E-state index contributed by atoms with van der Waals surface area (Å²) in [5.74, 6) is 1.53. The van der Waals surface area contributed by atoms with Gasteiger partial charge in [0, 0.05) is 18.0 Å². The molecule has 1 aromatic carbocycles. The first-order chi connectivity index (χ1) is 11.6. The van der Waals surface area contributed by atoms with Crippen LogP contribution in [0.1, 0.15) is 24.7 Å². The Kier molecular flexibility index (Phi) is 3.64. The SMILES string of the molecule is COc1cc(-c2noc(C3CC34CCNC4)n2)ccc1OC(F)F. The Labute approximate surface area is 137 Å². The van der Waals surface area contributed by atoms with Crippen LogP contribution in [0.3, 0.4) is 0 Å². The van der Waals surface area contributed by atoms with Crippen LogP contribution in [-0.4, -0.2) is 37.0 Å². The van der Waals surface area contributed by atoms with E-state index in [1.165, 1.54) is 13.2 Å². The Morgan fingerprint density at radius 2 is 2.25 bits per heavy atom. The lowest BCUT2D eigenvalue weighted by Gasteiger charge is -2.10. The number of nitrogens with one attached hydrogen (secondary N) is 1. The van der Waals surface area contributed by atoms with Crippen LogP contribution in [-0.2, 0) is 0 Å². The summed E-state index contributed by atoms with van der Waals surface area (Å²) < 4.78 is 39.7. The van der Waals surface area contributed by atoms with Gasteiger partial charge in [-0.3, -0.25) is 0 Å². The largest absolute Gasteiger partial charge is 0.493 e. The Hall–Kier alpha value is -2.22. The molecule has 2 fully saturated rings.